The van der Waals surface area contributed by atoms with Gasteiger partial charge in [0.25, 0.3) is 5.91 Å². The lowest BCUT2D eigenvalue weighted by Gasteiger charge is -2.34. The lowest BCUT2D eigenvalue weighted by molar-refractivity contribution is -0.141. The molecule has 0 aromatic carbocycles. The summed E-state index contributed by atoms with van der Waals surface area (Å²) < 4.78 is 36.2. The number of nitrogens with zero attached hydrogens (tertiary/aromatic N) is 1. The minimum Gasteiger partial charge on any atom is -0.345 e. The molecule has 0 unspecified atom stereocenters. The number of amides is 4. The Balaban J connectivity index is 1.99. The Hall–Kier alpha value is -1.80. The molecule has 2 N–H and O–H groups in total. The summed E-state index contributed by atoms with van der Waals surface area (Å²) in [4.78, 5) is 36.7. The number of hydrogen-bond acceptors (Lipinski definition) is 3. The molecule has 1 aliphatic heterocycles. The first-order chi connectivity index (χ1) is 10.6. The first kappa shape index (κ1) is 17.6. The molecule has 9 heteroatoms. The highest BCUT2D eigenvalue weighted by Gasteiger charge is 2.52. The van der Waals surface area contributed by atoms with Crippen LogP contribution < -0.4 is 10.6 Å². The van der Waals surface area contributed by atoms with Gasteiger partial charge in [-0.2, -0.15) is 13.2 Å². The Labute approximate surface area is 131 Å². The second kappa shape index (κ2) is 6.37. The van der Waals surface area contributed by atoms with Crippen molar-refractivity contribution in [3.8, 4) is 0 Å². The highest BCUT2D eigenvalue weighted by atomic mass is 19.4. The summed E-state index contributed by atoms with van der Waals surface area (Å²) in [6.07, 6.45) is 0.0834. The van der Waals surface area contributed by atoms with Crippen molar-refractivity contribution in [3.05, 3.63) is 0 Å². The van der Waals surface area contributed by atoms with Crippen LogP contribution in [0.15, 0.2) is 0 Å². The highest BCUT2D eigenvalue weighted by molar-refractivity contribution is 6.09. The van der Waals surface area contributed by atoms with E-state index in [1.54, 1.807) is 12.2 Å². The van der Waals surface area contributed by atoms with Gasteiger partial charge in [0, 0.05) is 0 Å². The van der Waals surface area contributed by atoms with Crippen LogP contribution in [0.5, 0.6) is 0 Å². The largest absolute Gasteiger partial charge is 0.405 e. The molecule has 0 bridgehead atoms. The van der Waals surface area contributed by atoms with E-state index < -0.39 is 42.7 Å². The maximum Gasteiger partial charge on any atom is 0.405 e. The summed E-state index contributed by atoms with van der Waals surface area (Å²) in [5.74, 6) is -1.58. The molecule has 0 aromatic rings. The van der Waals surface area contributed by atoms with Crippen molar-refractivity contribution < 1.29 is 27.6 Å². The fraction of sp³-hybridized carbons (Fsp3) is 0.786. The number of halogens is 3. The number of rotatable bonds is 4. The summed E-state index contributed by atoms with van der Waals surface area (Å²) in [7, 11) is 0. The molecule has 2 fully saturated rings. The average molecular weight is 335 g/mol. The fourth-order valence-corrected chi connectivity index (χ4v) is 3.21. The van der Waals surface area contributed by atoms with E-state index in [-0.39, 0.29) is 5.92 Å². The van der Waals surface area contributed by atoms with Crippen molar-refractivity contribution in [1.82, 2.24) is 15.5 Å². The average Bonchev–Trinajstić information content (AvgIpc) is 2.70. The van der Waals surface area contributed by atoms with Gasteiger partial charge < -0.3 is 10.6 Å². The lowest BCUT2D eigenvalue weighted by atomic mass is 9.75. The molecule has 1 saturated heterocycles. The number of carbonyl (C=O) groups is 3. The standard InChI is InChI=1S/C14H20F3N3O3/c1-13(9-5-3-2-4-6-9)11(22)20(12(23)19-13)7-10(21)18-8-14(15,16)17/h9H,2-8H2,1H3,(H,18,21)(H,19,23)/t13-/m0/s1. The van der Waals surface area contributed by atoms with Crippen LogP contribution >= 0.6 is 0 Å². The van der Waals surface area contributed by atoms with E-state index in [1.165, 1.54) is 0 Å². The molecule has 4 amide bonds. The van der Waals surface area contributed by atoms with Gasteiger partial charge in [-0.05, 0) is 25.7 Å². The SMILES string of the molecule is C[C@@]1(C2CCCCC2)NC(=O)N(CC(=O)NCC(F)(F)F)C1=O. The predicted octanol–water partition coefficient (Wildman–Crippen LogP) is 1.56. The monoisotopic (exact) mass is 335 g/mol. The Morgan fingerprint density at radius 3 is 2.48 bits per heavy atom. The number of imide groups is 1. The van der Waals surface area contributed by atoms with Gasteiger partial charge >= 0.3 is 12.2 Å². The Morgan fingerprint density at radius 2 is 1.91 bits per heavy atom. The molecule has 6 nitrogen and oxygen atoms in total. The molecule has 0 aromatic heterocycles. The minimum atomic E-state index is -4.54. The van der Waals surface area contributed by atoms with E-state index in [0.717, 1.165) is 32.1 Å². The maximum atomic E-state index is 12.5. The summed E-state index contributed by atoms with van der Waals surface area (Å²) in [6.45, 7) is -0.574. The predicted molar refractivity (Wildman–Crippen MR) is 74.3 cm³/mol. The zero-order valence-corrected chi connectivity index (χ0v) is 12.8. The van der Waals surface area contributed by atoms with Gasteiger partial charge in [-0.15, -0.1) is 0 Å². The first-order valence-electron chi connectivity index (χ1n) is 7.61. The van der Waals surface area contributed by atoms with Gasteiger partial charge in [0.1, 0.15) is 18.6 Å². The van der Waals surface area contributed by atoms with Crippen molar-refractivity contribution >= 4 is 17.8 Å². The van der Waals surface area contributed by atoms with Crippen molar-refractivity contribution in [2.75, 3.05) is 13.1 Å². The zero-order valence-electron chi connectivity index (χ0n) is 12.8. The molecule has 23 heavy (non-hydrogen) atoms. The summed E-state index contributed by atoms with van der Waals surface area (Å²) in [6, 6.07) is -0.731. The van der Waals surface area contributed by atoms with Gasteiger partial charge in [-0.3, -0.25) is 14.5 Å². The normalized spacial score (nSPS) is 26.3. The van der Waals surface area contributed by atoms with E-state index >= 15 is 0 Å². The van der Waals surface area contributed by atoms with Crippen molar-refractivity contribution in [1.29, 1.82) is 0 Å². The van der Waals surface area contributed by atoms with Crippen LogP contribution in [0.25, 0.3) is 0 Å². The molecule has 2 rings (SSSR count). The van der Waals surface area contributed by atoms with Gasteiger partial charge in [0.2, 0.25) is 5.91 Å². The zero-order chi connectivity index (χ0) is 17.3. The van der Waals surface area contributed by atoms with Crippen LogP contribution in [0.4, 0.5) is 18.0 Å². The third-order valence-electron chi connectivity index (χ3n) is 4.51. The second-order valence-corrected chi connectivity index (χ2v) is 6.25. The quantitative estimate of drug-likeness (QED) is 0.765. The summed E-state index contributed by atoms with van der Waals surface area (Å²) in [5.41, 5.74) is -1.08. The van der Waals surface area contributed by atoms with Crippen LogP contribution in [-0.2, 0) is 9.59 Å². The third kappa shape index (κ3) is 3.94. The number of urea groups is 1. The molecule has 1 atom stereocenters. The van der Waals surface area contributed by atoms with E-state index in [1.807, 2.05) is 0 Å². The molecular weight excluding hydrogens is 315 g/mol. The fourth-order valence-electron chi connectivity index (χ4n) is 3.21. The molecule has 2 aliphatic rings. The van der Waals surface area contributed by atoms with E-state index in [9.17, 15) is 27.6 Å². The van der Waals surface area contributed by atoms with Crippen LogP contribution in [0.2, 0.25) is 0 Å². The third-order valence-corrected chi connectivity index (χ3v) is 4.51. The Bertz CT molecular complexity index is 503. The van der Waals surface area contributed by atoms with Crippen LogP contribution in [0, 0.1) is 5.92 Å². The van der Waals surface area contributed by atoms with E-state index in [4.69, 9.17) is 0 Å². The van der Waals surface area contributed by atoms with Crippen LogP contribution in [0.1, 0.15) is 39.0 Å². The van der Waals surface area contributed by atoms with Crippen LogP contribution in [0.3, 0.4) is 0 Å². The second-order valence-electron chi connectivity index (χ2n) is 6.25. The van der Waals surface area contributed by atoms with Crippen LogP contribution in [-0.4, -0.2) is 47.6 Å². The first-order valence-corrected chi connectivity index (χ1v) is 7.61. The molecule has 1 heterocycles. The molecule has 1 saturated carbocycles. The van der Waals surface area contributed by atoms with Gasteiger partial charge in [-0.25, -0.2) is 4.79 Å². The summed E-state index contributed by atoms with van der Waals surface area (Å²) in [5, 5.41) is 4.27. The van der Waals surface area contributed by atoms with Gasteiger partial charge in [0.05, 0.1) is 0 Å². The minimum absolute atomic E-state index is 0.0177. The number of carbonyl (C=O) groups excluding carboxylic acids is 3. The van der Waals surface area contributed by atoms with Gasteiger partial charge in [0.15, 0.2) is 0 Å². The number of hydrogen-bond donors (Lipinski definition) is 2. The van der Waals surface area contributed by atoms with E-state index in [0.29, 0.717) is 4.90 Å². The molecule has 0 spiro atoms. The highest BCUT2D eigenvalue weighted by Crippen LogP contribution is 2.36. The van der Waals surface area contributed by atoms with Crippen molar-refractivity contribution in [2.24, 2.45) is 5.92 Å². The Morgan fingerprint density at radius 1 is 1.30 bits per heavy atom. The molecule has 130 valence electrons. The Kier molecular flexibility index (Phi) is 4.86. The number of nitrogens with one attached hydrogen (secondary N) is 2. The van der Waals surface area contributed by atoms with Crippen molar-refractivity contribution in [2.45, 2.75) is 50.7 Å². The number of alkyl halides is 3. The molecule has 0 radical (unpaired) electrons. The maximum absolute atomic E-state index is 12.5. The van der Waals surface area contributed by atoms with E-state index in [2.05, 4.69) is 5.32 Å². The topological polar surface area (TPSA) is 78.5 Å². The lowest BCUT2D eigenvalue weighted by Crippen LogP contribution is -2.51. The smallest absolute Gasteiger partial charge is 0.345 e. The van der Waals surface area contributed by atoms with Crippen molar-refractivity contribution in [3.63, 3.8) is 0 Å². The molecular formula is C14H20F3N3O3. The molecule has 1 aliphatic carbocycles. The summed E-state index contributed by atoms with van der Waals surface area (Å²) >= 11 is 0. The van der Waals surface area contributed by atoms with Gasteiger partial charge in [-0.1, -0.05) is 19.3 Å².